The van der Waals surface area contributed by atoms with Crippen molar-refractivity contribution in [1.82, 2.24) is 10.3 Å². The predicted octanol–water partition coefficient (Wildman–Crippen LogP) is 2.43. The Kier molecular flexibility index (Phi) is 4.56. The Bertz CT molecular complexity index is 824. The summed E-state index contributed by atoms with van der Waals surface area (Å²) >= 11 is 3.47. The van der Waals surface area contributed by atoms with Gasteiger partial charge in [-0.2, -0.15) is 0 Å². The predicted molar refractivity (Wildman–Crippen MR) is 102 cm³/mol. The van der Waals surface area contributed by atoms with Gasteiger partial charge in [0.05, 0.1) is 26.8 Å². The lowest BCUT2D eigenvalue weighted by Gasteiger charge is -2.47. The highest BCUT2D eigenvalue weighted by molar-refractivity contribution is 8.03. The molecule has 2 aliphatic heterocycles. The van der Waals surface area contributed by atoms with E-state index in [9.17, 15) is 5.21 Å². The zero-order valence-electron chi connectivity index (χ0n) is 14.0. The Labute approximate surface area is 150 Å². The molecule has 1 N–H and O–H groups in total. The summed E-state index contributed by atoms with van der Waals surface area (Å²) in [5.74, 6) is 0.893. The molecule has 6 heteroatoms. The molecule has 1 aliphatic carbocycles. The Morgan fingerprint density at radius 2 is 2.29 bits per heavy atom. The highest BCUT2D eigenvalue weighted by Gasteiger charge is 2.37. The number of nitrogens with zero attached hydrogens (tertiary/aromatic N) is 2. The number of fused-ring (bicyclic) bond motifs is 1. The lowest BCUT2D eigenvalue weighted by Crippen LogP contribution is -2.46. The molecule has 0 amide bonds. The number of aromatic nitrogens is 1. The van der Waals surface area contributed by atoms with Crippen LogP contribution in [0.15, 0.2) is 27.9 Å². The molecule has 128 valence electrons. The van der Waals surface area contributed by atoms with Crippen LogP contribution in [0.1, 0.15) is 32.6 Å². The molecule has 0 spiro atoms. The van der Waals surface area contributed by atoms with Gasteiger partial charge in [0, 0.05) is 30.0 Å². The zero-order valence-corrected chi connectivity index (χ0v) is 15.6. The average molecular weight is 362 g/mol. The van der Waals surface area contributed by atoms with Gasteiger partial charge in [0.15, 0.2) is 5.70 Å². The zero-order chi connectivity index (χ0) is 16.6. The highest BCUT2D eigenvalue weighted by atomic mass is 32.2. The van der Waals surface area contributed by atoms with Gasteiger partial charge in [0.25, 0.3) is 0 Å². The van der Waals surface area contributed by atoms with Crippen molar-refractivity contribution in [2.75, 3.05) is 25.4 Å². The van der Waals surface area contributed by atoms with E-state index >= 15 is 0 Å². The van der Waals surface area contributed by atoms with Crippen molar-refractivity contribution in [3.8, 4) is 0 Å². The second kappa shape index (κ2) is 6.67. The first kappa shape index (κ1) is 16.4. The topological polar surface area (TPSA) is 48.0 Å². The summed E-state index contributed by atoms with van der Waals surface area (Å²) in [5.41, 5.74) is 5.27. The molecule has 3 heterocycles. The van der Waals surface area contributed by atoms with Crippen molar-refractivity contribution in [2.45, 2.75) is 32.6 Å². The summed E-state index contributed by atoms with van der Waals surface area (Å²) in [5, 5.41) is 18.1. The van der Waals surface area contributed by atoms with Crippen molar-refractivity contribution in [2.24, 2.45) is 0 Å². The Balaban J connectivity index is 1.77. The number of quaternary nitrogens is 1. The number of hydrogen-bond acceptors (Lipinski definition) is 5. The van der Waals surface area contributed by atoms with E-state index in [2.05, 4.69) is 29.4 Å². The second-order valence-electron chi connectivity index (χ2n) is 6.58. The molecule has 0 saturated heterocycles. The third-order valence-electron chi connectivity index (χ3n) is 4.89. The number of hydroxylamine groups is 3. The smallest absolute Gasteiger partial charge is 0.152 e. The molecule has 0 aromatic carbocycles. The molecule has 1 unspecified atom stereocenters. The summed E-state index contributed by atoms with van der Waals surface area (Å²) < 4.78 is 0.956. The summed E-state index contributed by atoms with van der Waals surface area (Å²) in [6.45, 7) is 4.42. The third kappa shape index (κ3) is 2.86. The molecule has 24 heavy (non-hydrogen) atoms. The van der Waals surface area contributed by atoms with Crippen molar-refractivity contribution in [3.05, 3.63) is 43.0 Å². The molecule has 0 fully saturated rings. The Morgan fingerprint density at radius 1 is 1.38 bits per heavy atom. The number of allylic oxidation sites excluding steroid dienone is 3. The van der Waals surface area contributed by atoms with Gasteiger partial charge in [0.1, 0.15) is 6.54 Å². The van der Waals surface area contributed by atoms with Crippen molar-refractivity contribution in [1.29, 1.82) is 0 Å². The summed E-state index contributed by atoms with van der Waals surface area (Å²) in [7, 11) is 0. The van der Waals surface area contributed by atoms with Crippen LogP contribution >= 0.6 is 23.1 Å². The first-order valence-electron chi connectivity index (χ1n) is 8.75. The number of nitrogens with one attached hydrogen (secondary N) is 1. The summed E-state index contributed by atoms with van der Waals surface area (Å²) in [6, 6.07) is 0. The molecule has 4 rings (SSSR count). The van der Waals surface area contributed by atoms with Gasteiger partial charge >= 0.3 is 0 Å². The van der Waals surface area contributed by atoms with Crippen molar-refractivity contribution in [3.63, 3.8) is 0 Å². The molecular formula is C18H23N3OS2. The lowest BCUT2D eigenvalue weighted by atomic mass is 9.99. The van der Waals surface area contributed by atoms with Crippen LogP contribution in [-0.2, 0) is 0 Å². The number of thiazole rings is 1. The molecule has 3 aliphatic rings. The minimum Gasteiger partial charge on any atom is -0.627 e. The molecule has 4 nitrogen and oxygen atoms in total. The molecule has 1 aromatic heterocycles. The minimum atomic E-state index is -0.208. The van der Waals surface area contributed by atoms with Crippen LogP contribution in [0.4, 0.5) is 0 Å². The number of thioether (sulfide) groups is 1. The number of unbranched alkanes of at least 4 members (excludes halogenated alkanes) is 2. The average Bonchev–Trinajstić information content (AvgIpc) is 3.01. The summed E-state index contributed by atoms with van der Waals surface area (Å²) in [6.07, 6.45) is 8.80. The SMILES string of the molecule is CCCCCNC1=CC2=C3C(=c4ncsc4=CC[N+]3([O-])CCS2)C1. The van der Waals surface area contributed by atoms with E-state index in [0.29, 0.717) is 13.1 Å². The fourth-order valence-electron chi connectivity index (χ4n) is 3.65. The van der Waals surface area contributed by atoms with Gasteiger partial charge in [-0.05, 0) is 18.6 Å². The van der Waals surface area contributed by atoms with Crippen LogP contribution in [0.5, 0.6) is 0 Å². The van der Waals surface area contributed by atoms with Crippen LogP contribution in [0.2, 0.25) is 0 Å². The monoisotopic (exact) mass is 361 g/mol. The Morgan fingerprint density at radius 3 is 3.17 bits per heavy atom. The van der Waals surface area contributed by atoms with Gasteiger partial charge in [-0.15, -0.1) is 23.1 Å². The molecule has 0 saturated carbocycles. The third-order valence-corrected chi connectivity index (χ3v) is 6.73. The molecule has 1 atom stereocenters. The van der Waals surface area contributed by atoms with Crippen molar-refractivity contribution >= 4 is 34.7 Å². The maximum absolute atomic E-state index is 13.5. The first-order chi connectivity index (χ1) is 11.7. The van der Waals surface area contributed by atoms with E-state index in [1.54, 1.807) is 11.3 Å². The molecule has 0 radical (unpaired) electrons. The van der Waals surface area contributed by atoms with Gasteiger partial charge in [-0.3, -0.25) is 0 Å². The van der Waals surface area contributed by atoms with E-state index in [1.807, 2.05) is 17.3 Å². The van der Waals surface area contributed by atoms with Crippen LogP contribution < -0.4 is 15.2 Å². The molecular weight excluding hydrogens is 338 g/mol. The van der Waals surface area contributed by atoms with Gasteiger partial charge in [-0.25, -0.2) is 4.98 Å². The maximum atomic E-state index is 13.5. The van der Waals surface area contributed by atoms with Gasteiger partial charge in [0.2, 0.25) is 0 Å². The van der Waals surface area contributed by atoms with Crippen LogP contribution in [0.25, 0.3) is 11.6 Å². The van der Waals surface area contributed by atoms with E-state index < -0.39 is 0 Å². The molecule has 0 bridgehead atoms. The van der Waals surface area contributed by atoms with Gasteiger partial charge in [-0.1, -0.05) is 19.8 Å². The van der Waals surface area contributed by atoms with Crippen LogP contribution in [0, 0.1) is 5.21 Å². The number of hydrogen-bond donors (Lipinski definition) is 1. The Hall–Kier alpha value is -1.08. The van der Waals surface area contributed by atoms with Gasteiger partial charge < -0.3 is 15.2 Å². The van der Waals surface area contributed by atoms with Crippen LogP contribution in [-0.4, -0.2) is 35.0 Å². The lowest BCUT2D eigenvalue weighted by molar-refractivity contribution is -0.827. The highest BCUT2D eigenvalue weighted by Crippen LogP contribution is 2.43. The fourth-order valence-corrected chi connectivity index (χ4v) is 5.63. The number of rotatable bonds is 5. The first-order valence-corrected chi connectivity index (χ1v) is 10.6. The van der Waals surface area contributed by atoms with E-state index in [4.69, 9.17) is 0 Å². The quantitative estimate of drug-likeness (QED) is 0.497. The van der Waals surface area contributed by atoms with Crippen LogP contribution in [0.3, 0.4) is 0 Å². The maximum Gasteiger partial charge on any atom is 0.152 e. The largest absolute Gasteiger partial charge is 0.627 e. The van der Waals surface area contributed by atoms with E-state index in [1.165, 1.54) is 25.0 Å². The normalized spacial score (nSPS) is 25.4. The molecule has 1 aromatic rings. The standard InChI is InChI=1S/C18H23N3OS2/c1-2-3-4-6-19-13-10-14-17-15(24-12-20-17)5-7-21(22)8-9-23-16(11-13)18(14)21/h5,11-12,19H,2-4,6-10H2,1H3. The van der Waals surface area contributed by atoms with E-state index in [0.717, 1.165) is 44.8 Å². The minimum absolute atomic E-state index is 0.208. The fraction of sp³-hybridized carbons (Fsp3) is 0.500. The van der Waals surface area contributed by atoms with Crippen molar-refractivity contribution < 1.29 is 4.65 Å². The van der Waals surface area contributed by atoms with E-state index in [-0.39, 0.29) is 4.65 Å². The summed E-state index contributed by atoms with van der Waals surface area (Å²) in [4.78, 5) is 5.76. The second-order valence-corrected chi connectivity index (χ2v) is 8.61.